The van der Waals surface area contributed by atoms with Crippen molar-refractivity contribution in [2.45, 2.75) is 18.9 Å². The first kappa shape index (κ1) is 20.8. The largest absolute Gasteiger partial charge is 0.496 e. The van der Waals surface area contributed by atoms with E-state index in [1.165, 1.54) is 7.11 Å². The van der Waals surface area contributed by atoms with E-state index in [2.05, 4.69) is 5.32 Å². The van der Waals surface area contributed by atoms with Gasteiger partial charge in [-0.3, -0.25) is 9.59 Å². The van der Waals surface area contributed by atoms with Gasteiger partial charge in [0, 0.05) is 29.7 Å². The molecule has 8 heteroatoms. The smallest absolute Gasteiger partial charge is 0.255 e. The Kier molecular flexibility index (Phi) is 6.70. The Morgan fingerprint density at radius 2 is 1.75 bits per heavy atom. The number of piperidine rings is 1. The van der Waals surface area contributed by atoms with Crippen LogP contribution in [0.3, 0.4) is 0 Å². The number of rotatable bonds is 4. The van der Waals surface area contributed by atoms with E-state index in [0.29, 0.717) is 57.9 Å². The zero-order chi connectivity index (χ0) is 20.3. The maximum atomic E-state index is 12.6. The molecule has 0 spiro atoms. The lowest BCUT2D eigenvalue weighted by molar-refractivity contribution is 0.0698. The van der Waals surface area contributed by atoms with Gasteiger partial charge in [0.1, 0.15) is 5.75 Å². The summed E-state index contributed by atoms with van der Waals surface area (Å²) in [5.74, 6) is 0.127. The minimum Gasteiger partial charge on any atom is -0.496 e. The van der Waals surface area contributed by atoms with Crippen LogP contribution in [0.25, 0.3) is 0 Å². The number of nitrogens with one attached hydrogen (secondary N) is 1. The molecule has 1 heterocycles. The molecule has 2 amide bonds. The molecule has 0 unspecified atom stereocenters. The van der Waals surface area contributed by atoms with Crippen molar-refractivity contribution in [3.8, 4) is 5.75 Å². The van der Waals surface area contributed by atoms with E-state index < -0.39 is 0 Å². The van der Waals surface area contributed by atoms with E-state index in [4.69, 9.17) is 39.5 Å². The summed E-state index contributed by atoms with van der Waals surface area (Å²) in [6.45, 7) is 1.08. The lowest BCUT2D eigenvalue weighted by atomic mass is 10.0. The lowest BCUT2D eigenvalue weighted by Crippen LogP contribution is -2.46. The number of carbonyl (C=O) groups excluding carboxylic acids is 2. The van der Waals surface area contributed by atoms with Gasteiger partial charge in [-0.2, -0.15) is 0 Å². The van der Waals surface area contributed by atoms with Gasteiger partial charge in [-0.1, -0.05) is 34.8 Å². The number of likely N-dealkylation sites (tertiary alicyclic amines) is 1. The Hall–Kier alpha value is -1.95. The molecule has 3 rings (SSSR count). The molecule has 0 saturated carbocycles. The van der Waals surface area contributed by atoms with Crippen LogP contribution in [0.2, 0.25) is 15.1 Å². The second-order valence-corrected chi connectivity index (χ2v) is 7.76. The first-order chi connectivity index (χ1) is 13.4. The van der Waals surface area contributed by atoms with Gasteiger partial charge in [0.25, 0.3) is 11.8 Å². The van der Waals surface area contributed by atoms with Crippen LogP contribution in [-0.4, -0.2) is 43.0 Å². The number of halogens is 3. The summed E-state index contributed by atoms with van der Waals surface area (Å²) in [4.78, 5) is 27.0. The van der Waals surface area contributed by atoms with Crippen LogP contribution in [0, 0.1) is 0 Å². The molecule has 148 valence electrons. The number of carbonyl (C=O) groups is 2. The molecule has 1 saturated heterocycles. The van der Waals surface area contributed by atoms with Crippen LogP contribution in [0.5, 0.6) is 5.75 Å². The first-order valence-corrected chi connectivity index (χ1v) is 9.91. The fourth-order valence-corrected chi connectivity index (χ4v) is 3.63. The van der Waals surface area contributed by atoms with Gasteiger partial charge in [0.05, 0.1) is 22.7 Å². The summed E-state index contributed by atoms with van der Waals surface area (Å²) in [5, 5.41) is 4.23. The van der Waals surface area contributed by atoms with Gasteiger partial charge in [0.2, 0.25) is 0 Å². The molecule has 0 aromatic heterocycles. The molecular formula is C20H19Cl3N2O3. The fourth-order valence-electron chi connectivity index (χ4n) is 3.16. The minimum atomic E-state index is -0.242. The molecule has 0 radical (unpaired) electrons. The van der Waals surface area contributed by atoms with Gasteiger partial charge >= 0.3 is 0 Å². The molecular weight excluding hydrogens is 423 g/mol. The van der Waals surface area contributed by atoms with E-state index in [1.54, 1.807) is 41.3 Å². The molecule has 2 aromatic carbocycles. The van der Waals surface area contributed by atoms with Crippen LogP contribution in [0.15, 0.2) is 36.4 Å². The standard InChI is InChI=1S/C20H19Cl3N2O3/c1-28-18-5-3-13(21)11-15(18)19(26)24-14-6-8-25(9-7-14)20(27)12-2-4-16(22)17(23)10-12/h2-5,10-11,14H,6-9H2,1H3,(H,24,26). The number of nitrogens with zero attached hydrogens (tertiary/aromatic N) is 1. The average Bonchev–Trinajstić information content (AvgIpc) is 2.70. The highest BCUT2D eigenvalue weighted by Crippen LogP contribution is 2.25. The quantitative estimate of drug-likeness (QED) is 0.749. The van der Waals surface area contributed by atoms with Crippen molar-refractivity contribution in [1.29, 1.82) is 0 Å². The normalized spacial score (nSPS) is 14.6. The third-order valence-electron chi connectivity index (χ3n) is 4.69. The van der Waals surface area contributed by atoms with Crippen molar-refractivity contribution in [1.82, 2.24) is 10.2 Å². The summed E-state index contributed by atoms with van der Waals surface area (Å²) >= 11 is 17.9. The number of hydrogen-bond acceptors (Lipinski definition) is 3. The zero-order valence-corrected chi connectivity index (χ0v) is 17.4. The number of benzene rings is 2. The molecule has 0 bridgehead atoms. The van der Waals surface area contributed by atoms with Crippen LogP contribution in [-0.2, 0) is 0 Å². The van der Waals surface area contributed by atoms with E-state index in [1.807, 2.05) is 0 Å². The molecule has 0 atom stereocenters. The molecule has 1 aliphatic heterocycles. The van der Waals surface area contributed by atoms with E-state index in [0.717, 1.165) is 0 Å². The third-order valence-corrected chi connectivity index (χ3v) is 5.66. The number of ether oxygens (including phenoxy) is 1. The van der Waals surface area contributed by atoms with Crippen molar-refractivity contribution in [3.63, 3.8) is 0 Å². The fraction of sp³-hybridized carbons (Fsp3) is 0.300. The monoisotopic (exact) mass is 440 g/mol. The van der Waals surface area contributed by atoms with Crippen molar-refractivity contribution in [3.05, 3.63) is 62.6 Å². The molecule has 5 nitrogen and oxygen atoms in total. The van der Waals surface area contributed by atoms with Crippen LogP contribution < -0.4 is 10.1 Å². The maximum Gasteiger partial charge on any atom is 0.255 e. The van der Waals surface area contributed by atoms with Crippen molar-refractivity contribution < 1.29 is 14.3 Å². The summed E-state index contributed by atoms with van der Waals surface area (Å²) in [6, 6.07) is 9.73. The molecule has 1 aliphatic rings. The van der Waals surface area contributed by atoms with E-state index in [9.17, 15) is 9.59 Å². The van der Waals surface area contributed by atoms with Gasteiger partial charge in [-0.15, -0.1) is 0 Å². The summed E-state index contributed by atoms with van der Waals surface area (Å²) in [5.41, 5.74) is 0.893. The summed E-state index contributed by atoms with van der Waals surface area (Å²) in [7, 11) is 1.51. The van der Waals surface area contributed by atoms with Crippen molar-refractivity contribution in [2.24, 2.45) is 0 Å². The number of hydrogen-bond donors (Lipinski definition) is 1. The topological polar surface area (TPSA) is 58.6 Å². The second-order valence-electron chi connectivity index (χ2n) is 6.51. The predicted octanol–water partition coefficient (Wildman–Crippen LogP) is 4.69. The highest BCUT2D eigenvalue weighted by molar-refractivity contribution is 6.42. The van der Waals surface area contributed by atoms with Crippen LogP contribution in [0.1, 0.15) is 33.6 Å². The molecule has 2 aromatic rings. The number of amides is 2. The molecule has 1 fully saturated rings. The predicted molar refractivity (Wildman–Crippen MR) is 111 cm³/mol. The van der Waals surface area contributed by atoms with Gasteiger partial charge in [-0.25, -0.2) is 0 Å². The Labute approximate surface area is 178 Å². The van der Waals surface area contributed by atoms with Crippen LogP contribution in [0.4, 0.5) is 0 Å². The van der Waals surface area contributed by atoms with Crippen LogP contribution >= 0.6 is 34.8 Å². The Morgan fingerprint density at radius 3 is 2.39 bits per heavy atom. The van der Waals surface area contributed by atoms with Gasteiger partial charge in [0.15, 0.2) is 0 Å². The highest BCUT2D eigenvalue weighted by atomic mass is 35.5. The minimum absolute atomic E-state index is 0.0333. The van der Waals surface area contributed by atoms with Gasteiger partial charge in [-0.05, 0) is 49.2 Å². The maximum absolute atomic E-state index is 12.6. The highest BCUT2D eigenvalue weighted by Gasteiger charge is 2.26. The van der Waals surface area contributed by atoms with Crippen molar-refractivity contribution in [2.75, 3.05) is 20.2 Å². The third kappa shape index (κ3) is 4.72. The van der Waals surface area contributed by atoms with Crippen molar-refractivity contribution >= 4 is 46.6 Å². The average molecular weight is 442 g/mol. The van der Waals surface area contributed by atoms with E-state index >= 15 is 0 Å². The molecule has 1 N–H and O–H groups in total. The first-order valence-electron chi connectivity index (χ1n) is 8.77. The summed E-state index contributed by atoms with van der Waals surface area (Å²) < 4.78 is 5.23. The molecule has 28 heavy (non-hydrogen) atoms. The SMILES string of the molecule is COc1ccc(Cl)cc1C(=O)NC1CCN(C(=O)c2ccc(Cl)c(Cl)c2)CC1. The Morgan fingerprint density at radius 1 is 1.04 bits per heavy atom. The van der Waals surface area contributed by atoms with E-state index in [-0.39, 0.29) is 17.9 Å². The number of methoxy groups -OCH3 is 1. The Bertz CT molecular complexity index is 896. The van der Waals surface area contributed by atoms with Gasteiger partial charge < -0.3 is 15.0 Å². The second kappa shape index (κ2) is 9.03. The lowest BCUT2D eigenvalue weighted by Gasteiger charge is -2.32. The Balaban J connectivity index is 1.59. The molecule has 0 aliphatic carbocycles. The zero-order valence-electron chi connectivity index (χ0n) is 15.2. The summed E-state index contributed by atoms with van der Waals surface area (Å²) in [6.07, 6.45) is 1.31.